The molecule has 0 fully saturated rings. The zero-order chi connectivity index (χ0) is 4.99. The van der Waals surface area contributed by atoms with E-state index in [0.717, 1.165) is 6.54 Å². The van der Waals surface area contributed by atoms with Crippen molar-refractivity contribution < 1.29 is 0 Å². The minimum Gasteiger partial charge on any atom is -0.329 e. The van der Waals surface area contributed by atoms with Gasteiger partial charge in [0.05, 0.1) is 0 Å². The maximum atomic E-state index is 5.22. The van der Waals surface area contributed by atoms with Crippen molar-refractivity contribution in [2.45, 2.75) is 13.0 Å². The minimum atomic E-state index is 0.463. The van der Waals surface area contributed by atoms with E-state index in [1.807, 2.05) is 14.0 Å². The van der Waals surface area contributed by atoms with E-state index in [0.29, 0.717) is 6.04 Å². The van der Waals surface area contributed by atoms with Gasteiger partial charge in [-0.3, -0.25) is 0 Å². The first-order valence-corrected chi connectivity index (χ1v) is 2.18. The maximum absolute atomic E-state index is 5.22. The van der Waals surface area contributed by atoms with Gasteiger partial charge in [0.1, 0.15) is 0 Å². The van der Waals surface area contributed by atoms with Gasteiger partial charge in [-0.1, -0.05) is 0 Å². The van der Waals surface area contributed by atoms with Crippen LogP contribution in [0.1, 0.15) is 6.92 Å². The Morgan fingerprint density at radius 3 is 2.33 bits per heavy atom. The molecule has 6 heavy (non-hydrogen) atoms. The summed E-state index contributed by atoms with van der Waals surface area (Å²) < 4.78 is 0. The second kappa shape index (κ2) is 3.12. The van der Waals surface area contributed by atoms with Gasteiger partial charge >= 0.3 is 0 Å². The van der Waals surface area contributed by atoms with E-state index in [1.165, 1.54) is 0 Å². The predicted octanol–water partition coefficient (Wildman–Crippen LogP) is -0.447. The van der Waals surface area contributed by atoms with Crippen molar-refractivity contribution in [1.82, 2.24) is 5.32 Å². The van der Waals surface area contributed by atoms with Gasteiger partial charge in [-0.15, -0.1) is 0 Å². The topological polar surface area (TPSA) is 38.0 Å². The fourth-order valence-corrected chi connectivity index (χ4v) is 0.118. The zero-order valence-corrected chi connectivity index (χ0v) is 4.36. The van der Waals surface area contributed by atoms with Crippen LogP contribution in [0.3, 0.4) is 0 Å². The Morgan fingerprint density at radius 1 is 1.83 bits per heavy atom. The van der Waals surface area contributed by atoms with Crippen molar-refractivity contribution in [2.24, 2.45) is 5.73 Å². The van der Waals surface area contributed by atoms with Crippen LogP contribution in [-0.4, -0.2) is 19.6 Å². The lowest BCUT2D eigenvalue weighted by atomic mass is 10.4. The highest BCUT2D eigenvalue weighted by Gasteiger charge is 1.86. The molecule has 3 N–H and O–H groups in total. The molecule has 2 heteroatoms. The first-order chi connectivity index (χ1) is 2.81. The molecule has 0 aromatic heterocycles. The van der Waals surface area contributed by atoms with Crippen molar-refractivity contribution in [3.63, 3.8) is 0 Å². The van der Waals surface area contributed by atoms with Gasteiger partial charge in [-0.2, -0.15) is 0 Å². The average Bonchev–Trinajstić information content (AvgIpc) is 1.65. The van der Waals surface area contributed by atoms with E-state index in [-0.39, 0.29) is 0 Å². The van der Waals surface area contributed by atoms with Gasteiger partial charge < -0.3 is 11.1 Å². The molecule has 0 bridgehead atoms. The Hall–Kier alpha value is -0.0800. The molecule has 2 nitrogen and oxygen atoms in total. The van der Waals surface area contributed by atoms with E-state index in [2.05, 4.69) is 5.32 Å². The lowest BCUT2D eigenvalue weighted by molar-refractivity contribution is 0.621. The summed E-state index contributed by atoms with van der Waals surface area (Å²) in [6.45, 7) is 2.76. The van der Waals surface area contributed by atoms with Crippen LogP contribution in [0.2, 0.25) is 0 Å². The van der Waals surface area contributed by atoms with Gasteiger partial charge in [0.25, 0.3) is 0 Å². The Balaban J connectivity index is 2.75. The van der Waals surface area contributed by atoms with Crippen LogP contribution < -0.4 is 11.1 Å². The first-order valence-electron chi connectivity index (χ1n) is 2.18. The normalized spacial score (nSPS) is 14.5. The molecule has 0 aliphatic heterocycles. The highest BCUT2D eigenvalue weighted by Crippen LogP contribution is 1.67. The minimum absolute atomic E-state index is 0.463. The van der Waals surface area contributed by atoms with E-state index in [9.17, 15) is 0 Å². The molecule has 0 saturated carbocycles. The van der Waals surface area contributed by atoms with Crippen molar-refractivity contribution >= 4 is 0 Å². The van der Waals surface area contributed by atoms with Crippen LogP contribution in [0.4, 0.5) is 0 Å². The van der Waals surface area contributed by atoms with Crippen LogP contribution >= 0.6 is 0 Å². The lowest BCUT2D eigenvalue weighted by Gasteiger charge is -2.02. The van der Waals surface area contributed by atoms with Crippen LogP contribution in [-0.2, 0) is 0 Å². The highest BCUT2D eigenvalue weighted by molar-refractivity contribution is 4.53. The molecule has 38 valence electrons. The van der Waals surface area contributed by atoms with Crippen molar-refractivity contribution in [3.05, 3.63) is 0 Å². The van der Waals surface area contributed by atoms with Crippen molar-refractivity contribution in [1.29, 1.82) is 0 Å². The monoisotopic (exact) mass is 88.1 g/mol. The summed E-state index contributed by atoms with van der Waals surface area (Å²) in [4.78, 5) is 0. The van der Waals surface area contributed by atoms with Gasteiger partial charge in [-0.25, -0.2) is 0 Å². The number of hydrogen-bond acceptors (Lipinski definition) is 2. The summed E-state index contributed by atoms with van der Waals surface area (Å²) in [5.41, 5.74) is 5.22. The Labute approximate surface area is 38.7 Å². The van der Waals surface area contributed by atoms with Gasteiger partial charge in [0, 0.05) is 12.6 Å². The summed E-state index contributed by atoms with van der Waals surface area (Å²) in [6, 6.07) is 0.463. The average molecular weight is 88.2 g/mol. The molecule has 0 amide bonds. The van der Waals surface area contributed by atoms with E-state index >= 15 is 0 Å². The van der Waals surface area contributed by atoms with Gasteiger partial charge in [0.2, 0.25) is 0 Å². The molecule has 0 heterocycles. The maximum Gasteiger partial charge on any atom is 0.0158 e. The lowest BCUT2D eigenvalue weighted by Crippen LogP contribution is -2.29. The third kappa shape index (κ3) is 2.18. The molecular weight excluding hydrogens is 76.1 g/mol. The quantitative estimate of drug-likeness (QED) is 0.480. The fraction of sp³-hybridized carbons (Fsp3) is 1.00. The van der Waals surface area contributed by atoms with Gasteiger partial charge in [0.15, 0.2) is 0 Å². The number of nitrogens with two attached hydrogens (primary N) is 1. The molecular formula is C4H12N2. The number of likely N-dealkylation sites (N-methyl/N-ethyl adjacent to an activating group) is 1. The predicted molar refractivity (Wildman–Crippen MR) is 27.6 cm³/mol. The summed E-state index contributed by atoms with van der Waals surface area (Å²) in [5, 5.41) is 2.99. The number of rotatable bonds is 2. The SMILES string of the molecule is CNC(C)CN. The molecule has 1 unspecified atom stereocenters. The van der Waals surface area contributed by atoms with Gasteiger partial charge in [-0.05, 0) is 14.0 Å². The third-order valence-corrected chi connectivity index (χ3v) is 0.846. The highest BCUT2D eigenvalue weighted by atomic mass is 14.9. The molecule has 0 radical (unpaired) electrons. The number of nitrogens with one attached hydrogen (secondary N) is 1. The fourth-order valence-electron chi connectivity index (χ4n) is 0.118. The van der Waals surface area contributed by atoms with Crippen LogP contribution in [0.25, 0.3) is 0 Å². The standard InChI is InChI=1S/C4H12N2/c1-4(3-5)6-2/h4,6H,3,5H2,1-2H3. The smallest absolute Gasteiger partial charge is 0.0158 e. The molecule has 0 aliphatic carbocycles. The molecule has 0 aromatic carbocycles. The van der Waals surface area contributed by atoms with Crippen molar-refractivity contribution in [2.75, 3.05) is 13.6 Å². The molecule has 1 atom stereocenters. The summed E-state index contributed by atoms with van der Waals surface area (Å²) in [7, 11) is 1.90. The number of hydrogen-bond donors (Lipinski definition) is 2. The molecule has 0 aliphatic rings. The molecule has 0 rings (SSSR count). The van der Waals surface area contributed by atoms with E-state index < -0.39 is 0 Å². The molecule has 0 spiro atoms. The van der Waals surface area contributed by atoms with E-state index in [4.69, 9.17) is 5.73 Å². The Bertz CT molecular complexity index is 24.7. The largest absolute Gasteiger partial charge is 0.329 e. The summed E-state index contributed by atoms with van der Waals surface area (Å²) in [5.74, 6) is 0. The first kappa shape index (κ1) is 5.92. The second-order valence-electron chi connectivity index (χ2n) is 1.43. The van der Waals surface area contributed by atoms with Crippen LogP contribution in [0, 0.1) is 0 Å². The zero-order valence-electron chi connectivity index (χ0n) is 4.36. The van der Waals surface area contributed by atoms with E-state index in [1.54, 1.807) is 0 Å². The summed E-state index contributed by atoms with van der Waals surface area (Å²) >= 11 is 0. The third-order valence-electron chi connectivity index (χ3n) is 0.846. The van der Waals surface area contributed by atoms with Crippen molar-refractivity contribution in [3.8, 4) is 0 Å². The van der Waals surface area contributed by atoms with Crippen LogP contribution in [0.5, 0.6) is 0 Å². The van der Waals surface area contributed by atoms with Crippen LogP contribution in [0.15, 0.2) is 0 Å². The Kier molecular flexibility index (Phi) is 3.08. The summed E-state index contributed by atoms with van der Waals surface area (Å²) in [6.07, 6.45) is 0. The Morgan fingerprint density at radius 2 is 2.33 bits per heavy atom. The molecule has 0 aromatic rings. The molecule has 0 saturated heterocycles. The second-order valence-corrected chi connectivity index (χ2v) is 1.43.